The Morgan fingerprint density at radius 3 is 1.21 bits per heavy atom. The number of rotatable bonds is 17. The third-order valence-electron chi connectivity index (χ3n) is 4.48. The first-order valence-corrected chi connectivity index (χ1v) is 15.5. The molecule has 0 rings (SSSR count). The first kappa shape index (κ1) is 29.2. The smallest absolute Gasteiger partial charge is 0.243 e. The highest BCUT2D eigenvalue weighted by molar-refractivity contribution is 6.94. The summed E-state index contributed by atoms with van der Waals surface area (Å²) in [6.45, 7) is 29.8. The third-order valence-corrected chi connectivity index (χ3v) is 15.1. The number of nitrogens with one attached hydrogen (secondary N) is 2. The van der Waals surface area contributed by atoms with Gasteiger partial charge in [0.25, 0.3) is 0 Å². The lowest BCUT2D eigenvalue weighted by atomic mass is 10.4. The van der Waals surface area contributed by atoms with E-state index in [9.17, 15) is 4.79 Å². The quantitative estimate of drug-likeness (QED) is 0.162. The normalized spacial score (nSPS) is 10.5. The lowest BCUT2D eigenvalue weighted by Crippen LogP contribution is -2.63. The van der Waals surface area contributed by atoms with Crippen LogP contribution in [0.4, 0.5) is 0 Å². The van der Waals surface area contributed by atoms with Crippen molar-refractivity contribution in [2.45, 2.75) is 49.6 Å². The summed E-state index contributed by atoms with van der Waals surface area (Å²) in [7, 11) is -3.46. The van der Waals surface area contributed by atoms with Crippen LogP contribution in [0, 0.1) is 0 Å². The maximum atomic E-state index is 10.3. The Morgan fingerprint density at radius 2 is 1.00 bits per heavy atom. The second kappa shape index (κ2) is 18.1. The largest absolute Gasteiger partial charge is 0.358 e. The van der Waals surface area contributed by atoms with E-state index in [0.717, 1.165) is 49.2 Å². The van der Waals surface area contributed by atoms with Crippen molar-refractivity contribution < 1.29 is 4.79 Å². The van der Waals surface area contributed by atoms with Crippen molar-refractivity contribution in [3.63, 3.8) is 0 Å². The zero-order valence-electron chi connectivity index (χ0n) is 18.6. The van der Waals surface area contributed by atoms with E-state index in [4.69, 9.17) is 0 Å². The van der Waals surface area contributed by atoms with Crippen molar-refractivity contribution in [1.82, 2.24) is 9.96 Å². The van der Waals surface area contributed by atoms with Gasteiger partial charge < -0.3 is 9.96 Å². The monoisotopic (exact) mass is 430 g/mol. The number of carbonyl (C=O) groups excluding carboxylic acids is 1. The molecule has 0 spiro atoms. The first-order valence-electron chi connectivity index (χ1n) is 10.2. The Balaban J connectivity index is 0. The maximum Gasteiger partial charge on any atom is 0.243 e. The van der Waals surface area contributed by atoms with Crippen LogP contribution in [0.25, 0.3) is 0 Å². The summed E-state index contributed by atoms with van der Waals surface area (Å²) in [6.07, 6.45) is 14.5. The van der Waals surface area contributed by atoms with Crippen LogP contribution < -0.4 is 9.96 Å². The van der Waals surface area contributed by atoms with Gasteiger partial charge in [-0.25, -0.2) is 0 Å². The Hall–Kier alpha value is -1.96. The van der Waals surface area contributed by atoms with Gasteiger partial charge in [0.1, 0.15) is 16.5 Å². The fourth-order valence-corrected chi connectivity index (χ4v) is 14.6. The van der Waals surface area contributed by atoms with Gasteiger partial charge in [0, 0.05) is 6.54 Å². The molecule has 0 aromatic heterocycles. The van der Waals surface area contributed by atoms with Gasteiger partial charge in [0.05, 0.1) is 0 Å². The first-order chi connectivity index (χ1) is 13.9. The van der Waals surface area contributed by atoms with E-state index in [0.29, 0.717) is 0 Å². The molecule has 2 N–H and O–H groups in total. The molecule has 0 aliphatic heterocycles. The number of amides is 1. The topological polar surface area (TPSA) is 41.1 Å². The third kappa shape index (κ3) is 13.0. The highest BCUT2D eigenvalue weighted by Crippen LogP contribution is 2.28. The van der Waals surface area contributed by atoms with Crippen LogP contribution in [0.3, 0.4) is 0 Å². The minimum Gasteiger partial charge on any atom is -0.358 e. The molecule has 0 atom stereocenters. The van der Waals surface area contributed by atoms with Gasteiger partial charge in [0.15, 0.2) is 0 Å². The molecule has 0 aliphatic rings. The Kier molecular flexibility index (Phi) is 18.3. The maximum absolute atomic E-state index is 10.3. The zero-order valence-corrected chi connectivity index (χ0v) is 20.6. The molecule has 0 bridgehead atoms. The van der Waals surface area contributed by atoms with Gasteiger partial charge in [0.2, 0.25) is 5.91 Å². The molecule has 0 aromatic rings. The van der Waals surface area contributed by atoms with Crippen LogP contribution >= 0.6 is 0 Å². The molecule has 29 heavy (non-hydrogen) atoms. The minimum atomic E-state index is -1.73. The van der Waals surface area contributed by atoms with Crippen molar-refractivity contribution in [2.24, 2.45) is 0 Å². The average Bonchev–Trinajstić information content (AvgIpc) is 2.67. The number of carbonyl (C=O) groups is 1. The minimum absolute atomic E-state index is 0.0909. The van der Waals surface area contributed by atoms with E-state index in [-0.39, 0.29) is 5.91 Å². The lowest BCUT2D eigenvalue weighted by Gasteiger charge is -2.41. The second-order valence-electron chi connectivity index (χ2n) is 7.14. The van der Waals surface area contributed by atoms with Crippen molar-refractivity contribution in [3.8, 4) is 0 Å². The molecular weight excluding hydrogens is 388 g/mol. The van der Waals surface area contributed by atoms with E-state index in [1.165, 1.54) is 6.08 Å². The van der Waals surface area contributed by atoms with Crippen LogP contribution in [-0.2, 0) is 4.79 Å². The molecule has 162 valence electrons. The standard InChI is InChI=1S/C18H31NSi2.C6H11NO/c1-7-13-20(14-8-2,15-9-3)19-21(16-10-4,17-11-5)18-12-6;1-3-5-7-6(8)4-2/h7-12,19H,1-6,13-18H2;4H,2-3,5H2,1H3,(H,7,8). The fraction of sp³-hybridized carbons (Fsp3) is 0.375. The summed E-state index contributed by atoms with van der Waals surface area (Å²) in [5.74, 6) is -0.0909. The zero-order chi connectivity index (χ0) is 22.6. The Labute approximate surface area is 181 Å². The van der Waals surface area contributed by atoms with E-state index >= 15 is 0 Å². The molecule has 0 saturated heterocycles. The molecular formula is C24H42N2OSi2. The summed E-state index contributed by atoms with van der Waals surface area (Å²) < 4.78 is 4.14. The van der Waals surface area contributed by atoms with Crippen LogP contribution in [0.5, 0.6) is 0 Å². The summed E-state index contributed by atoms with van der Waals surface area (Å²) >= 11 is 0. The van der Waals surface area contributed by atoms with E-state index in [2.05, 4.69) is 56.0 Å². The van der Waals surface area contributed by atoms with Gasteiger partial charge in [-0.1, -0.05) is 50.0 Å². The van der Waals surface area contributed by atoms with Crippen molar-refractivity contribution in [1.29, 1.82) is 0 Å². The van der Waals surface area contributed by atoms with Crippen LogP contribution in [0.15, 0.2) is 88.6 Å². The molecule has 0 heterocycles. The van der Waals surface area contributed by atoms with E-state index in [1.807, 2.05) is 43.4 Å². The molecule has 0 fully saturated rings. The van der Waals surface area contributed by atoms with Crippen molar-refractivity contribution in [2.75, 3.05) is 6.54 Å². The molecule has 0 radical (unpaired) electrons. The van der Waals surface area contributed by atoms with Gasteiger partial charge in [-0.15, -0.1) is 39.5 Å². The highest BCUT2D eigenvalue weighted by atomic mass is 28.4. The molecule has 0 saturated carbocycles. The predicted molar refractivity (Wildman–Crippen MR) is 138 cm³/mol. The average molecular weight is 431 g/mol. The summed E-state index contributed by atoms with van der Waals surface area (Å²) in [5.41, 5.74) is 0. The highest BCUT2D eigenvalue weighted by Gasteiger charge is 2.39. The predicted octanol–water partition coefficient (Wildman–Crippen LogP) is 6.28. The SMILES string of the molecule is C=CC(=O)NCCC.C=CC[Si](CC=C)(CC=C)N[Si](CC=C)(CC=C)CC=C. The van der Waals surface area contributed by atoms with Gasteiger partial charge in [-0.3, -0.25) is 4.79 Å². The van der Waals surface area contributed by atoms with Crippen molar-refractivity contribution in [3.05, 3.63) is 88.6 Å². The Bertz CT molecular complexity index is 466. The molecule has 0 aromatic carbocycles. The molecule has 0 unspecified atom stereocenters. The van der Waals surface area contributed by atoms with Gasteiger partial charge in [-0.05, 0) is 48.8 Å². The molecule has 1 amide bonds. The summed E-state index contributed by atoms with van der Waals surface area (Å²) in [5, 5.41) is 2.62. The second-order valence-corrected chi connectivity index (χ2v) is 15.7. The van der Waals surface area contributed by atoms with Crippen LogP contribution in [0.1, 0.15) is 13.3 Å². The van der Waals surface area contributed by atoms with Crippen LogP contribution in [-0.4, -0.2) is 28.9 Å². The summed E-state index contributed by atoms with van der Waals surface area (Å²) in [4.78, 5) is 10.3. The van der Waals surface area contributed by atoms with Gasteiger partial charge >= 0.3 is 0 Å². The summed E-state index contributed by atoms with van der Waals surface area (Å²) in [6, 6.07) is 6.20. The van der Waals surface area contributed by atoms with Crippen molar-refractivity contribution >= 4 is 22.4 Å². The van der Waals surface area contributed by atoms with Gasteiger partial charge in [-0.2, -0.15) is 0 Å². The molecule has 3 nitrogen and oxygen atoms in total. The fourth-order valence-electron chi connectivity index (χ4n) is 3.35. The number of allylic oxidation sites excluding steroid dienone is 6. The number of hydrogen-bond acceptors (Lipinski definition) is 2. The molecule has 5 heteroatoms. The number of hydrogen-bond donors (Lipinski definition) is 2. The van der Waals surface area contributed by atoms with E-state index in [1.54, 1.807) is 0 Å². The van der Waals surface area contributed by atoms with Crippen LogP contribution in [0.2, 0.25) is 36.3 Å². The Morgan fingerprint density at radius 1 is 0.690 bits per heavy atom. The molecule has 0 aliphatic carbocycles. The lowest BCUT2D eigenvalue weighted by molar-refractivity contribution is -0.116. The van der Waals surface area contributed by atoms with E-state index < -0.39 is 16.5 Å².